The standard InChI is InChI=1S/C24H34N8/c1-4-29-12-16(11-25)22-10-19(20(27)13-30-22)23(28)21-8-7-18(15(2)3)24(31-21)32-9-5-6-17(26)14-32/h7-8,10-13,15-17,25,28H,4-6,9,14,26-27H2,1-3H3. The Balaban J connectivity index is 2.00. The molecule has 170 valence electrons. The lowest BCUT2D eigenvalue weighted by molar-refractivity contribution is 0.501. The van der Waals surface area contributed by atoms with Crippen LogP contribution in [-0.4, -0.2) is 53.8 Å². The van der Waals surface area contributed by atoms with Gasteiger partial charge in [0, 0.05) is 43.7 Å². The van der Waals surface area contributed by atoms with Crippen molar-refractivity contribution in [3.63, 3.8) is 0 Å². The zero-order valence-electron chi connectivity index (χ0n) is 19.2. The van der Waals surface area contributed by atoms with Crippen molar-refractivity contribution in [2.45, 2.75) is 51.5 Å². The fraction of sp³-hybridized carbons (Fsp3) is 0.458. The summed E-state index contributed by atoms with van der Waals surface area (Å²) in [6.07, 6.45) is 6.59. The Kier molecular flexibility index (Phi) is 7.69. The number of pyridine rings is 2. The summed E-state index contributed by atoms with van der Waals surface area (Å²) < 4.78 is 0. The molecule has 3 heterocycles. The minimum Gasteiger partial charge on any atom is -0.397 e. The van der Waals surface area contributed by atoms with Crippen LogP contribution in [0.2, 0.25) is 0 Å². The topological polar surface area (TPSA) is 141 Å². The number of aliphatic imine (C=N–C) groups is 1. The van der Waals surface area contributed by atoms with Crippen LogP contribution in [-0.2, 0) is 0 Å². The predicted octanol–water partition coefficient (Wildman–Crippen LogP) is 3.35. The van der Waals surface area contributed by atoms with Crippen LogP contribution in [0.4, 0.5) is 11.5 Å². The second kappa shape index (κ2) is 10.5. The molecule has 0 aromatic carbocycles. The van der Waals surface area contributed by atoms with E-state index in [1.165, 1.54) is 6.21 Å². The Morgan fingerprint density at radius 1 is 1.38 bits per heavy atom. The first-order chi connectivity index (χ1) is 15.3. The number of aromatic nitrogens is 2. The molecule has 0 saturated carbocycles. The molecule has 0 amide bonds. The molecule has 6 N–H and O–H groups in total. The van der Waals surface area contributed by atoms with Crippen LogP contribution in [0.15, 0.2) is 29.4 Å². The predicted molar refractivity (Wildman–Crippen MR) is 133 cm³/mol. The summed E-state index contributed by atoms with van der Waals surface area (Å²) in [5, 5.41) is 16.6. The molecule has 2 atom stereocenters. The highest BCUT2D eigenvalue weighted by molar-refractivity contribution is 6.13. The number of hydrogen-bond acceptors (Lipinski definition) is 8. The Hall–Kier alpha value is -3.13. The highest BCUT2D eigenvalue weighted by atomic mass is 15.2. The molecule has 0 spiro atoms. The van der Waals surface area contributed by atoms with E-state index in [1.54, 1.807) is 18.5 Å². The van der Waals surface area contributed by atoms with Gasteiger partial charge < -0.3 is 21.8 Å². The minimum atomic E-state index is -0.358. The Labute approximate surface area is 190 Å². The van der Waals surface area contributed by atoms with Gasteiger partial charge in [-0.05, 0) is 43.4 Å². The molecule has 1 saturated heterocycles. The van der Waals surface area contributed by atoms with Gasteiger partial charge in [0.15, 0.2) is 0 Å². The number of piperidine rings is 1. The van der Waals surface area contributed by atoms with Crippen LogP contribution in [0.5, 0.6) is 0 Å². The molecule has 3 rings (SSSR count). The monoisotopic (exact) mass is 434 g/mol. The number of nitrogens with zero attached hydrogens (tertiary/aromatic N) is 4. The van der Waals surface area contributed by atoms with Gasteiger partial charge in [0.1, 0.15) is 5.82 Å². The van der Waals surface area contributed by atoms with E-state index in [1.807, 2.05) is 13.0 Å². The van der Waals surface area contributed by atoms with Gasteiger partial charge in [-0.1, -0.05) is 19.9 Å². The van der Waals surface area contributed by atoms with Gasteiger partial charge in [0.05, 0.1) is 34.9 Å². The van der Waals surface area contributed by atoms with Gasteiger partial charge in [0.25, 0.3) is 0 Å². The number of rotatable bonds is 8. The summed E-state index contributed by atoms with van der Waals surface area (Å²) in [7, 11) is 0. The molecule has 1 fully saturated rings. The molecule has 32 heavy (non-hydrogen) atoms. The molecular weight excluding hydrogens is 400 g/mol. The van der Waals surface area contributed by atoms with Crippen molar-refractivity contribution in [3.05, 3.63) is 46.9 Å². The van der Waals surface area contributed by atoms with E-state index in [9.17, 15) is 0 Å². The van der Waals surface area contributed by atoms with Crippen molar-refractivity contribution in [1.29, 1.82) is 10.8 Å². The molecule has 2 aromatic heterocycles. The third kappa shape index (κ3) is 5.19. The van der Waals surface area contributed by atoms with Crippen molar-refractivity contribution in [2.75, 3.05) is 30.3 Å². The average molecular weight is 435 g/mol. The zero-order valence-corrected chi connectivity index (χ0v) is 19.2. The molecule has 1 aliphatic rings. The van der Waals surface area contributed by atoms with E-state index in [-0.39, 0.29) is 17.7 Å². The lowest BCUT2D eigenvalue weighted by Gasteiger charge is -2.34. The van der Waals surface area contributed by atoms with Crippen molar-refractivity contribution in [3.8, 4) is 0 Å². The summed E-state index contributed by atoms with van der Waals surface area (Å²) >= 11 is 0. The van der Waals surface area contributed by atoms with E-state index in [0.29, 0.717) is 35.1 Å². The molecule has 2 aromatic rings. The van der Waals surface area contributed by atoms with Crippen molar-refractivity contribution >= 4 is 29.6 Å². The summed E-state index contributed by atoms with van der Waals surface area (Å²) in [6, 6.07) is 5.85. The first kappa shape index (κ1) is 23.5. The average Bonchev–Trinajstić information content (AvgIpc) is 2.79. The van der Waals surface area contributed by atoms with Crippen LogP contribution >= 0.6 is 0 Å². The Morgan fingerprint density at radius 2 is 2.16 bits per heavy atom. The van der Waals surface area contributed by atoms with E-state index < -0.39 is 0 Å². The van der Waals surface area contributed by atoms with E-state index in [0.717, 1.165) is 37.3 Å². The van der Waals surface area contributed by atoms with Gasteiger partial charge in [-0.3, -0.25) is 15.4 Å². The minimum absolute atomic E-state index is 0.134. The van der Waals surface area contributed by atoms with Crippen LogP contribution in [0, 0.1) is 10.8 Å². The summed E-state index contributed by atoms with van der Waals surface area (Å²) in [5.74, 6) is 0.851. The SMILES string of the molecule is CCN=CC(C=N)c1cc(C(=N)c2ccc(C(C)C)c(N3CCCC(N)C3)n2)c(N)cn1. The number of hydrogen-bond donors (Lipinski definition) is 4. The van der Waals surface area contributed by atoms with Crippen molar-refractivity contribution < 1.29 is 0 Å². The first-order valence-corrected chi connectivity index (χ1v) is 11.2. The molecule has 8 nitrogen and oxygen atoms in total. The Morgan fingerprint density at radius 3 is 2.81 bits per heavy atom. The second-order valence-corrected chi connectivity index (χ2v) is 8.52. The van der Waals surface area contributed by atoms with Gasteiger partial charge >= 0.3 is 0 Å². The lowest BCUT2D eigenvalue weighted by atomic mass is 9.98. The number of anilines is 2. The number of nitrogens with one attached hydrogen (secondary N) is 2. The van der Waals surface area contributed by atoms with Crippen LogP contribution in [0.3, 0.4) is 0 Å². The molecule has 0 aliphatic carbocycles. The number of nitrogen functional groups attached to an aromatic ring is 1. The molecule has 8 heteroatoms. The van der Waals surface area contributed by atoms with E-state index >= 15 is 0 Å². The zero-order chi connectivity index (χ0) is 23.3. The van der Waals surface area contributed by atoms with Gasteiger partial charge in [0.2, 0.25) is 0 Å². The van der Waals surface area contributed by atoms with E-state index in [4.69, 9.17) is 27.3 Å². The third-order valence-corrected chi connectivity index (χ3v) is 5.74. The first-order valence-electron chi connectivity index (χ1n) is 11.2. The van der Waals surface area contributed by atoms with E-state index in [2.05, 4.69) is 34.8 Å². The summed E-state index contributed by atoms with van der Waals surface area (Å²) in [4.78, 5) is 15.8. The second-order valence-electron chi connectivity index (χ2n) is 8.52. The summed E-state index contributed by atoms with van der Waals surface area (Å²) in [6.45, 7) is 8.56. The lowest BCUT2D eigenvalue weighted by Crippen LogP contribution is -2.43. The van der Waals surface area contributed by atoms with Crippen molar-refractivity contribution in [1.82, 2.24) is 9.97 Å². The van der Waals surface area contributed by atoms with Gasteiger partial charge in [-0.2, -0.15) is 0 Å². The van der Waals surface area contributed by atoms with Crippen LogP contribution in [0.1, 0.15) is 68.0 Å². The third-order valence-electron chi connectivity index (χ3n) is 5.74. The maximum absolute atomic E-state index is 8.87. The normalized spacial score (nSPS) is 17.7. The smallest absolute Gasteiger partial charge is 0.132 e. The highest BCUT2D eigenvalue weighted by Gasteiger charge is 2.23. The number of nitrogens with two attached hydrogens (primary N) is 2. The molecule has 1 aliphatic heterocycles. The Bertz CT molecular complexity index is 997. The summed E-state index contributed by atoms with van der Waals surface area (Å²) in [5.41, 5.74) is 16.0. The van der Waals surface area contributed by atoms with Gasteiger partial charge in [-0.25, -0.2) is 4.98 Å². The fourth-order valence-corrected chi connectivity index (χ4v) is 3.95. The molecule has 0 radical (unpaired) electrons. The molecule has 2 unspecified atom stereocenters. The molecule has 0 bridgehead atoms. The maximum atomic E-state index is 8.87. The van der Waals surface area contributed by atoms with Crippen LogP contribution in [0.25, 0.3) is 0 Å². The van der Waals surface area contributed by atoms with Crippen molar-refractivity contribution in [2.24, 2.45) is 10.7 Å². The molecular formula is C24H34N8. The largest absolute Gasteiger partial charge is 0.397 e. The highest BCUT2D eigenvalue weighted by Crippen LogP contribution is 2.29. The fourth-order valence-electron chi connectivity index (χ4n) is 3.95. The van der Waals surface area contributed by atoms with Gasteiger partial charge in [-0.15, -0.1) is 0 Å². The maximum Gasteiger partial charge on any atom is 0.132 e. The quantitative estimate of drug-likeness (QED) is 0.471. The van der Waals surface area contributed by atoms with Crippen LogP contribution < -0.4 is 16.4 Å².